The van der Waals surface area contributed by atoms with Gasteiger partial charge in [0.25, 0.3) is 11.8 Å². The number of carbonyl (C=O) groups is 2. The molecular weight excluding hydrogens is 500 g/mol. The zero-order valence-corrected chi connectivity index (χ0v) is 22.4. The first kappa shape index (κ1) is 26.7. The normalized spacial score (nSPS) is 11.1. The van der Waals surface area contributed by atoms with Crippen LogP contribution in [0.4, 0.5) is 17.2 Å². The lowest BCUT2D eigenvalue weighted by molar-refractivity contribution is 0.102. The van der Waals surface area contributed by atoms with Crippen LogP contribution in [0.25, 0.3) is 10.3 Å². The fraction of sp³-hybridized carbons (Fsp3) is 0.250. The van der Waals surface area contributed by atoms with Crippen LogP contribution in [0.1, 0.15) is 45.0 Å². The van der Waals surface area contributed by atoms with E-state index in [0.29, 0.717) is 51.1 Å². The standard InChI is InChI=1S/C28H28N6O3S/c1-17-8-9-20(32-25(35)18-6-5-7-19(12-18)28(2,3)16-29)13-21(17)33-26(36)23-14-22-27(38-23)34-24(15-31-22)30-10-11-37-4/h5-9,12-15H,10-11H2,1-4H3,(H,30,34)(H,32,35)(H,33,36). The number of hydrogen-bond acceptors (Lipinski definition) is 8. The molecule has 0 saturated heterocycles. The Morgan fingerprint density at radius 2 is 1.92 bits per heavy atom. The van der Waals surface area contributed by atoms with Gasteiger partial charge < -0.3 is 20.7 Å². The number of hydrogen-bond donors (Lipinski definition) is 3. The van der Waals surface area contributed by atoms with Gasteiger partial charge in [-0.1, -0.05) is 18.2 Å². The maximum Gasteiger partial charge on any atom is 0.265 e. The summed E-state index contributed by atoms with van der Waals surface area (Å²) in [4.78, 5) is 36.0. The highest BCUT2D eigenvalue weighted by Gasteiger charge is 2.21. The van der Waals surface area contributed by atoms with Gasteiger partial charge in [-0.15, -0.1) is 11.3 Å². The van der Waals surface area contributed by atoms with Gasteiger partial charge in [-0.25, -0.2) is 9.97 Å². The van der Waals surface area contributed by atoms with Crippen molar-refractivity contribution in [2.75, 3.05) is 36.2 Å². The van der Waals surface area contributed by atoms with Crippen molar-refractivity contribution in [1.29, 1.82) is 5.26 Å². The average Bonchev–Trinajstić information content (AvgIpc) is 3.34. The van der Waals surface area contributed by atoms with E-state index in [1.165, 1.54) is 11.3 Å². The molecule has 4 aromatic rings. The minimum atomic E-state index is -0.711. The van der Waals surface area contributed by atoms with E-state index in [2.05, 4.69) is 32.0 Å². The predicted octanol–water partition coefficient (Wildman–Crippen LogP) is 5.36. The number of carbonyl (C=O) groups excluding carboxylic acids is 2. The van der Waals surface area contributed by atoms with E-state index in [1.807, 2.05) is 19.1 Å². The third-order valence-electron chi connectivity index (χ3n) is 5.95. The average molecular weight is 529 g/mol. The third kappa shape index (κ3) is 6.14. The molecule has 2 heterocycles. The first-order valence-corrected chi connectivity index (χ1v) is 12.8. The van der Waals surface area contributed by atoms with Crippen LogP contribution in [0, 0.1) is 18.3 Å². The van der Waals surface area contributed by atoms with Crippen LogP contribution in [0.2, 0.25) is 0 Å². The number of nitrogens with one attached hydrogen (secondary N) is 3. The van der Waals surface area contributed by atoms with Gasteiger partial charge in [0, 0.05) is 30.6 Å². The van der Waals surface area contributed by atoms with Crippen molar-refractivity contribution in [2.24, 2.45) is 0 Å². The van der Waals surface area contributed by atoms with Crippen LogP contribution in [0.5, 0.6) is 0 Å². The monoisotopic (exact) mass is 528 g/mol. The topological polar surface area (TPSA) is 129 Å². The zero-order valence-electron chi connectivity index (χ0n) is 21.6. The SMILES string of the molecule is COCCNc1cnc2cc(C(=O)Nc3cc(NC(=O)c4cccc(C(C)(C)C#N)c4)ccc3C)sc2n1. The molecule has 0 bridgehead atoms. The van der Waals surface area contributed by atoms with Gasteiger partial charge in [-0.3, -0.25) is 9.59 Å². The molecule has 0 atom stereocenters. The molecule has 0 aliphatic heterocycles. The summed E-state index contributed by atoms with van der Waals surface area (Å²) in [7, 11) is 1.63. The highest BCUT2D eigenvalue weighted by Crippen LogP contribution is 2.27. The first-order chi connectivity index (χ1) is 18.2. The lowest BCUT2D eigenvalue weighted by atomic mass is 9.85. The van der Waals surface area contributed by atoms with Crippen LogP contribution in [0.15, 0.2) is 54.7 Å². The van der Waals surface area contributed by atoms with E-state index in [1.54, 1.807) is 63.6 Å². The number of aromatic nitrogens is 2. The Hall–Kier alpha value is -4.33. The van der Waals surface area contributed by atoms with E-state index in [0.717, 1.165) is 11.1 Å². The largest absolute Gasteiger partial charge is 0.383 e. The summed E-state index contributed by atoms with van der Waals surface area (Å²) in [5, 5.41) is 18.4. The molecule has 2 amide bonds. The van der Waals surface area contributed by atoms with Gasteiger partial charge in [0.1, 0.15) is 16.2 Å². The Labute approximate surface area is 224 Å². The quantitative estimate of drug-likeness (QED) is 0.249. The molecular formula is C28H28N6O3S. The predicted molar refractivity (Wildman–Crippen MR) is 150 cm³/mol. The number of aryl methyl sites for hydroxylation is 1. The van der Waals surface area contributed by atoms with E-state index < -0.39 is 5.41 Å². The summed E-state index contributed by atoms with van der Waals surface area (Å²) in [6.07, 6.45) is 1.62. The fourth-order valence-electron chi connectivity index (χ4n) is 3.63. The van der Waals surface area contributed by atoms with Crippen LogP contribution in [0.3, 0.4) is 0 Å². The molecule has 38 heavy (non-hydrogen) atoms. The maximum atomic E-state index is 13.0. The second kappa shape index (κ2) is 11.4. The van der Waals surface area contributed by atoms with Gasteiger partial charge in [0.15, 0.2) is 0 Å². The van der Waals surface area contributed by atoms with Crippen molar-refractivity contribution in [3.05, 3.63) is 76.3 Å². The number of fused-ring (bicyclic) bond motifs is 1. The Morgan fingerprint density at radius 1 is 1.11 bits per heavy atom. The van der Waals surface area contributed by atoms with Crippen LogP contribution < -0.4 is 16.0 Å². The second-order valence-corrected chi connectivity index (χ2v) is 10.3. The van der Waals surface area contributed by atoms with Gasteiger partial charge in [-0.05, 0) is 62.2 Å². The molecule has 4 rings (SSSR count). The van der Waals surface area contributed by atoms with Crippen molar-refractivity contribution in [2.45, 2.75) is 26.2 Å². The molecule has 0 saturated carbocycles. The number of nitriles is 1. The van der Waals surface area contributed by atoms with Crippen molar-refractivity contribution in [1.82, 2.24) is 9.97 Å². The number of ether oxygens (including phenoxy) is 1. The lowest BCUT2D eigenvalue weighted by Crippen LogP contribution is -2.17. The molecule has 0 aliphatic carbocycles. The van der Waals surface area contributed by atoms with E-state index in [9.17, 15) is 14.9 Å². The van der Waals surface area contributed by atoms with Gasteiger partial charge in [0.05, 0.1) is 29.2 Å². The summed E-state index contributed by atoms with van der Waals surface area (Å²) in [6, 6.07) is 16.3. The van der Waals surface area contributed by atoms with Crippen molar-refractivity contribution in [3.8, 4) is 6.07 Å². The smallest absolute Gasteiger partial charge is 0.265 e. The Morgan fingerprint density at radius 3 is 2.68 bits per heavy atom. The van der Waals surface area contributed by atoms with Crippen molar-refractivity contribution < 1.29 is 14.3 Å². The number of amides is 2. The molecule has 0 radical (unpaired) electrons. The highest BCUT2D eigenvalue weighted by molar-refractivity contribution is 7.20. The first-order valence-electron chi connectivity index (χ1n) is 11.9. The Kier molecular flexibility index (Phi) is 8.00. The number of benzene rings is 2. The van der Waals surface area contributed by atoms with Crippen molar-refractivity contribution >= 4 is 50.7 Å². The van der Waals surface area contributed by atoms with Gasteiger partial charge >= 0.3 is 0 Å². The molecule has 3 N–H and O–H groups in total. The number of anilines is 3. The molecule has 194 valence electrons. The Bertz CT molecular complexity index is 1540. The van der Waals surface area contributed by atoms with E-state index >= 15 is 0 Å². The number of rotatable bonds is 9. The molecule has 2 aromatic heterocycles. The lowest BCUT2D eigenvalue weighted by Gasteiger charge is -2.16. The van der Waals surface area contributed by atoms with Crippen molar-refractivity contribution in [3.63, 3.8) is 0 Å². The Balaban J connectivity index is 1.48. The molecule has 0 spiro atoms. The van der Waals surface area contributed by atoms with E-state index in [4.69, 9.17) is 4.74 Å². The minimum Gasteiger partial charge on any atom is -0.383 e. The number of thiophene rings is 1. The van der Waals surface area contributed by atoms with Crippen LogP contribution >= 0.6 is 11.3 Å². The molecule has 2 aromatic carbocycles. The summed E-state index contributed by atoms with van der Waals surface area (Å²) in [6.45, 7) is 6.63. The fourth-order valence-corrected chi connectivity index (χ4v) is 4.51. The molecule has 0 fully saturated rings. The van der Waals surface area contributed by atoms with Crippen LogP contribution in [-0.4, -0.2) is 42.0 Å². The van der Waals surface area contributed by atoms with Crippen LogP contribution in [-0.2, 0) is 10.2 Å². The maximum absolute atomic E-state index is 13.0. The molecule has 10 heteroatoms. The van der Waals surface area contributed by atoms with E-state index in [-0.39, 0.29) is 11.8 Å². The minimum absolute atomic E-state index is 0.290. The number of nitrogens with zero attached hydrogens (tertiary/aromatic N) is 3. The summed E-state index contributed by atoms with van der Waals surface area (Å²) in [5.74, 6) is 0.0179. The zero-order chi connectivity index (χ0) is 27.3. The summed E-state index contributed by atoms with van der Waals surface area (Å²) >= 11 is 1.25. The summed E-state index contributed by atoms with van der Waals surface area (Å²) < 4.78 is 5.03. The number of methoxy groups -OCH3 is 1. The van der Waals surface area contributed by atoms with Gasteiger partial charge in [-0.2, -0.15) is 5.26 Å². The highest BCUT2D eigenvalue weighted by atomic mass is 32.1. The summed E-state index contributed by atoms with van der Waals surface area (Å²) in [5.41, 5.74) is 3.08. The molecule has 0 aliphatic rings. The molecule has 9 nitrogen and oxygen atoms in total. The third-order valence-corrected chi connectivity index (χ3v) is 6.96. The van der Waals surface area contributed by atoms with Gasteiger partial charge in [0.2, 0.25) is 0 Å². The molecule has 0 unspecified atom stereocenters. The second-order valence-electron chi connectivity index (χ2n) is 9.23.